The number of pyridine rings is 2. The molecular weight excluding hydrogens is 518 g/mol. The zero-order valence-corrected chi connectivity index (χ0v) is 22.4. The van der Waals surface area contributed by atoms with E-state index in [2.05, 4.69) is 26.7 Å². The van der Waals surface area contributed by atoms with Crippen LogP contribution >= 0.6 is 0 Å². The van der Waals surface area contributed by atoms with Crippen LogP contribution in [0.3, 0.4) is 0 Å². The summed E-state index contributed by atoms with van der Waals surface area (Å²) in [5.41, 5.74) is 2.46. The minimum Gasteiger partial charge on any atom is -0.377 e. The summed E-state index contributed by atoms with van der Waals surface area (Å²) >= 11 is 0. The Balaban J connectivity index is 1.34. The minimum atomic E-state index is -0.469. The first-order valence-corrected chi connectivity index (χ1v) is 13.1. The van der Waals surface area contributed by atoms with Crippen molar-refractivity contribution in [2.24, 2.45) is 0 Å². The molecule has 5 rings (SSSR count). The molecule has 0 aromatic carbocycles. The number of nitrogens with one attached hydrogen (secondary N) is 2. The number of amides is 3. The molecule has 0 radical (unpaired) electrons. The number of fused-ring (bicyclic) bond motifs is 1. The highest BCUT2D eigenvalue weighted by molar-refractivity contribution is 6.02. The van der Waals surface area contributed by atoms with E-state index < -0.39 is 12.1 Å². The number of anilines is 3. The Morgan fingerprint density at radius 3 is 2.85 bits per heavy atom. The molecule has 3 atom stereocenters. The van der Waals surface area contributed by atoms with Gasteiger partial charge in [0.15, 0.2) is 6.29 Å². The SMILES string of the molecule is CO[C@H]1CCN(Cc2cc3c(nc2C=O)N(C(=O)Nc2cc(NC4COC[C@H]4OC)c(C#N)cn2)CCC3)C1=O. The van der Waals surface area contributed by atoms with Crippen molar-refractivity contribution in [3.63, 3.8) is 0 Å². The Labute approximate surface area is 231 Å². The van der Waals surface area contributed by atoms with Gasteiger partial charge in [-0.3, -0.25) is 19.8 Å². The van der Waals surface area contributed by atoms with Gasteiger partial charge < -0.3 is 24.4 Å². The van der Waals surface area contributed by atoms with Gasteiger partial charge in [-0.05, 0) is 24.5 Å². The third-order valence-electron chi connectivity index (χ3n) is 7.46. The molecule has 210 valence electrons. The van der Waals surface area contributed by atoms with Crippen molar-refractivity contribution in [1.82, 2.24) is 14.9 Å². The molecular formula is C27H31N7O6. The third kappa shape index (κ3) is 5.46. The molecule has 0 aliphatic carbocycles. The molecule has 0 saturated carbocycles. The van der Waals surface area contributed by atoms with Gasteiger partial charge in [0.05, 0.1) is 30.5 Å². The lowest BCUT2D eigenvalue weighted by Crippen LogP contribution is -2.40. The van der Waals surface area contributed by atoms with E-state index in [-0.39, 0.29) is 36.1 Å². The lowest BCUT2D eigenvalue weighted by atomic mass is 10.0. The summed E-state index contributed by atoms with van der Waals surface area (Å²) in [5, 5.41) is 15.6. The van der Waals surface area contributed by atoms with Gasteiger partial charge in [-0.25, -0.2) is 14.8 Å². The smallest absolute Gasteiger partial charge is 0.328 e. The molecule has 3 aliphatic heterocycles. The van der Waals surface area contributed by atoms with Crippen LogP contribution in [0.25, 0.3) is 0 Å². The van der Waals surface area contributed by atoms with Crippen molar-refractivity contribution in [3.05, 3.63) is 40.7 Å². The summed E-state index contributed by atoms with van der Waals surface area (Å²) in [6.07, 6.45) is 3.38. The standard InChI is InChI=1S/C27H31N7O6/c1-38-22-5-7-33(26(22)36)12-17-8-16-4-3-6-34(25(16)31-20(17)13-35)27(37)32-24-9-19(18(10-28)11-29-24)30-21-14-40-15-23(21)39-2/h8-9,11,13,21-23H,3-7,12,14-15H2,1-2H3,(H2,29,30,32,37)/t21?,22-,23+/m0/s1. The van der Waals surface area contributed by atoms with Crippen molar-refractivity contribution in [3.8, 4) is 6.07 Å². The second kappa shape index (κ2) is 12.0. The number of rotatable bonds is 8. The van der Waals surface area contributed by atoms with Crippen LogP contribution in [0, 0.1) is 11.3 Å². The maximum absolute atomic E-state index is 13.4. The number of likely N-dealkylation sites (tertiary alicyclic amines) is 1. The quantitative estimate of drug-likeness (QED) is 0.464. The Hall–Kier alpha value is -4.12. The topological polar surface area (TPSA) is 159 Å². The van der Waals surface area contributed by atoms with Crippen LogP contribution < -0.4 is 15.5 Å². The van der Waals surface area contributed by atoms with E-state index in [0.717, 1.165) is 5.56 Å². The summed E-state index contributed by atoms with van der Waals surface area (Å²) < 4.78 is 16.1. The summed E-state index contributed by atoms with van der Waals surface area (Å²) in [4.78, 5) is 49.8. The number of nitrogens with zero attached hydrogens (tertiary/aromatic N) is 5. The number of urea groups is 1. The predicted molar refractivity (Wildman–Crippen MR) is 143 cm³/mol. The van der Waals surface area contributed by atoms with Gasteiger partial charge in [-0.15, -0.1) is 0 Å². The molecule has 13 nitrogen and oxygen atoms in total. The molecule has 40 heavy (non-hydrogen) atoms. The highest BCUT2D eigenvalue weighted by Crippen LogP contribution is 2.30. The fourth-order valence-electron chi connectivity index (χ4n) is 5.29. The molecule has 1 unspecified atom stereocenters. The molecule has 0 bridgehead atoms. The van der Waals surface area contributed by atoms with Crippen LogP contribution in [0.4, 0.5) is 22.1 Å². The van der Waals surface area contributed by atoms with Gasteiger partial charge in [-0.2, -0.15) is 5.26 Å². The first-order valence-electron chi connectivity index (χ1n) is 13.1. The summed E-state index contributed by atoms with van der Waals surface area (Å²) in [6, 6.07) is 4.94. The first kappa shape index (κ1) is 27.4. The Kier molecular flexibility index (Phi) is 8.20. The third-order valence-corrected chi connectivity index (χ3v) is 7.46. The Morgan fingerprint density at radius 2 is 2.12 bits per heavy atom. The molecule has 3 amide bonds. The number of carbonyl (C=O) groups excluding carboxylic acids is 3. The lowest BCUT2D eigenvalue weighted by molar-refractivity contribution is -0.136. The van der Waals surface area contributed by atoms with Crippen molar-refractivity contribution in [2.45, 2.75) is 44.1 Å². The summed E-state index contributed by atoms with van der Waals surface area (Å²) in [7, 11) is 3.11. The number of ether oxygens (including phenoxy) is 3. The first-order chi connectivity index (χ1) is 19.4. The van der Waals surface area contributed by atoms with Crippen LogP contribution in [-0.4, -0.2) is 91.9 Å². The fraction of sp³-hybridized carbons (Fsp3) is 0.481. The van der Waals surface area contributed by atoms with Gasteiger partial charge in [0, 0.05) is 58.1 Å². The van der Waals surface area contributed by atoms with Crippen LogP contribution in [0.1, 0.15) is 40.0 Å². The van der Waals surface area contributed by atoms with E-state index in [4.69, 9.17) is 14.2 Å². The van der Waals surface area contributed by atoms with Gasteiger partial charge in [0.1, 0.15) is 35.6 Å². The number of aryl methyl sites for hydroxylation is 1. The molecule has 2 fully saturated rings. The van der Waals surface area contributed by atoms with E-state index in [9.17, 15) is 19.6 Å². The number of hydrogen-bond acceptors (Lipinski definition) is 10. The van der Waals surface area contributed by atoms with Crippen LogP contribution in [-0.2, 0) is 32.0 Å². The van der Waals surface area contributed by atoms with E-state index in [1.807, 2.05) is 6.07 Å². The Morgan fingerprint density at radius 1 is 1.27 bits per heavy atom. The molecule has 3 aliphatic rings. The molecule has 0 spiro atoms. The van der Waals surface area contributed by atoms with Gasteiger partial charge in [0.2, 0.25) is 0 Å². The van der Waals surface area contributed by atoms with Gasteiger partial charge >= 0.3 is 6.03 Å². The lowest BCUT2D eigenvalue weighted by Gasteiger charge is -2.29. The average molecular weight is 550 g/mol. The van der Waals surface area contributed by atoms with E-state index in [0.29, 0.717) is 74.5 Å². The van der Waals surface area contributed by atoms with Crippen LogP contribution in [0.15, 0.2) is 18.3 Å². The van der Waals surface area contributed by atoms with Crippen molar-refractivity contribution >= 4 is 35.5 Å². The zero-order chi connectivity index (χ0) is 28.2. The van der Waals surface area contributed by atoms with Gasteiger partial charge in [0.25, 0.3) is 5.91 Å². The summed E-state index contributed by atoms with van der Waals surface area (Å²) in [6.45, 7) is 2.05. The monoisotopic (exact) mass is 549 g/mol. The fourth-order valence-corrected chi connectivity index (χ4v) is 5.29. The predicted octanol–water partition coefficient (Wildman–Crippen LogP) is 1.72. The molecule has 2 aromatic rings. The molecule has 2 N–H and O–H groups in total. The minimum absolute atomic E-state index is 0.111. The number of methoxy groups -OCH3 is 2. The maximum atomic E-state index is 13.4. The molecule has 2 saturated heterocycles. The highest BCUT2D eigenvalue weighted by Gasteiger charge is 2.33. The number of nitriles is 1. The van der Waals surface area contributed by atoms with E-state index >= 15 is 0 Å². The Bertz CT molecular complexity index is 1350. The number of hydrogen-bond donors (Lipinski definition) is 2. The van der Waals surface area contributed by atoms with Crippen LogP contribution in [0.2, 0.25) is 0 Å². The van der Waals surface area contributed by atoms with Crippen LogP contribution in [0.5, 0.6) is 0 Å². The highest BCUT2D eigenvalue weighted by atomic mass is 16.5. The number of carbonyl (C=O) groups is 3. The van der Waals surface area contributed by atoms with E-state index in [1.165, 1.54) is 18.2 Å². The van der Waals surface area contributed by atoms with Gasteiger partial charge in [-0.1, -0.05) is 0 Å². The van der Waals surface area contributed by atoms with E-state index in [1.54, 1.807) is 18.1 Å². The largest absolute Gasteiger partial charge is 0.377 e. The van der Waals surface area contributed by atoms with Crippen molar-refractivity contribution in [2.75, 3.05) is 56.1 Å². The second-order valence-electron chi connectivity index (χ2n) is 9.88. The van der Waals surface area contributed by atoms with Crippen molar-refractivity contribution < 1.29 is 28.6 Å². The summed E-state index contributed by atoms with van der Waals surface area (Å²) in [5.74, 6) is 0.536. The number of aldehydes is 1. The second-order valence-corrected chi connectivity index (χ2v) is 9.88. The molecule has 5 heterocycles. The average Bonchev–Trinajstić information content (AvgIpc) is 3.57. The number of aromatic nitrogens is 2. The zero-order valence-electron chi connectivity index (χ0n) is 22.4. The maximum Gasteiger partial charge on any atom is 0.328 e. The van der Waals surface area contributed by atoms with Crippen molar-refractivity contribution in [1.29, 1.82) is 5.26 Å². The molecule has 13 heteroatoms. The normalized spacial score (nSPS) is 22.1. The molecule has 2 aromatic heterocycles.